The van der Waals surface area contributed by atoms with Crippen molar-refractivity contribution in [2.45, 2.75) is 266 Å². The first kappa shape index (κ1) is 93.2. The molecule has 0 aliphatic carbocycles. The van der Waals surface area contributed by atoms with Crippen LogP contribution in [-0.2, 0) is 156 Å². The Hall–Kier alpha value is -2.35. The number of urea groups is 1. The molecule has 21 saturated heterocycles. The Labute approximate surface area is 647 Å². The highest BCUT2D eigenvalue weighted by atomic mass is 16.8. The lowest BCUT2D eigenvalue weighted by molar-refractivity contribution is -0.402. The van der Waals surface area contributed by atoms with Gasteiger partial charge in [0.25, 0.3) is 0 Å². The average molecular weight is 1600 g/mol. The molecular weight excluding hydrogens is 1460 g/mol. The molecule has 2 amide bonds. The minimum Gasteiger partial charge on any atom is -0.394 e. The molecule has 37 nitrogen and oxygen atoms in total. The molecule has 37 heteroatoms. The molecule has 21 heterocycles. The Morgan fingerprint density at radius 1 is 0.282 bits per heavy atom. The van der Waals surface area contributed by atoms with Crippen LogP contribution in [0.4, 0.5) is 4.79 Å². The molecule has 642 valence electrons. The highest BCUT2D eigenvalue weighted by Crippen LogP contribution is 2.43. The second-order valence-corrected chi connectivity index (χ2v) is 28.0. The van der Waals surface area contributed by atoms with E-state index >= 15 is 0 Å². The number of carbonyl (C=O) groups excluding carboxylic acids is 1. The Morgan fingerprint density at radius 3 is 0.718 bits per heavy atom. The maximum atomic E-state index is 13.9. The molecule has 0 saturated carbocycles. The quantitative estimate of drug-likeness (QED) is 0.0572. The Balaban J connectivity index is 1.21. The van der Waals surface area contributed by atoms with Crippen LogP contribution >= 0.6 is 0 Å². The van der Waals surface area contributed by atoms with Gasteiger partial charge in [-0.05, 0) is 19.3 Å². The van der Waals surface area contributed by atoms with E-state index in [9.17, 15) is 9.90 Å². The van der Waals surface area contributed by atoms with Crippen molar-refractivity contribution in [3.05, 3.63) is 12.7 Å². The van der Waals surface area contributed by atoms with Gasteiger partial charge in [-0.2, -0.15) is 0 Å². The van der Waals surface area contributed by atoms with Gasteiger partial charge in [0.05, 0.1) is 39.6 Å². The predicted molar refractivity (Wildman–Crippen MR) is 381 cm³/mol. The number of nitrogens with one attached hydrogen (secondary N) is 2. The third-order valence-corrected chi connectivity index (χ3v) is 21.7. The first-order chi connectivity index (χ1) is 53.6. The molecule has 14 bridgehead atoms. The summed E-state index contributed by atoms with van der Waals surface area (Å²) in [4.78, 5) is 13.9. The molecule has 3 N–H and O–H groups in total. The Kier molecular flexibility index (Phi) is 40.6. The lowest BCUT2D eigenvalue weighted by Crippen LogP contribution is -2.69. The number of aliphatic hydroxyl groups is 1. The second-order valence-electron chi connectivity index (χ2n) is 28.0. The van der Waals surface area contributed by atoms with Crippen LogP contribution in [0.5, 0.6) is 0 Å². The summed E-state index contributed by atoms with van der Waals surface area (Å²) in [6.45, 7) is 3.04. The number of unbranched alkanes of at least 4 members (excludes halogenated alkanes) is 7. The van der Waals surface area contributed by atoms with E-state index in [-0.39, 0.29) is 39.6 Å². The van der Waals surface area contributed by atoms with E-state index in [0.29, 0.717) is 6.54 Å². The molecule has 35 atom stereocenters. The van der Waals surface area contributed by atoms with E-state index in [2.05, 4.69) is 17.2 Å². The maximum absolute atomic E-state index is 13.9. The molecule has 0 aromatic rings. The summed E-state index contributed by atoms with van der Waals surface area (Å²) in [5, 5.41) is 17.5. The van der Waals surface area contributed by atoms with Crippen LogP contribution in [0.25, 0.3) is 0 Å². The highest BCUT2D eigenvalue weighted by molar-refractivity contribution is 5.73. The number of hydrogen-bond acceptors (Lipinski definition) is 35. The summed E-state index contributed by atoms with van der Waals surface area (Å²) in [5.74, 6) is 0. The molecule has 0 spiro atoms. The zero-order chi connectivity index (χ0) is 79.6. The van der Waals surface area contributed by atoms with E-state index in [1.54, 1.807) is 0 Å². The fraction of sp³-hybridized carbons (Fsp3) is 0.959. The van der Waals surface area contributed by atoms with Crippen molar-refractivity contribution in [2.75, 3.05) is 188 Å². The molecule has 21 rings (SSSR count). The molecule has 0 aromatic heterocycles. The van der Waals surface area contributed by atoms with Crippen LogP contribution in [-0.4, -0.2) is 414 Å². The van der Waals surface area contributed by atoms with Gasteiger partial charge in [-0.1, -0.05) is 38.2 Å². The first-order valence-electron chi connectivity index (χ1n) is 37.8. The fourth-order valence-electron chi connectivity index (χ4n) is 16.3. The number of ether oxygens (including phenoxy) is 33. The summed E-state index contributed by atoms with van der Waals surface area (Å²) in [6.07, 6.45) is -28.5. The topological polar surface area (TPSA) is 366 Å². The van der Waals surface area contributed by atoms with Gasteiger partial charge in [0.1, 0.15) is 171 Å². The van der Waals surface area contributed by atoms with Crippen molar-refractivity contribution in [1.82, 2.24) is 10.6 Å². The second kappa shape index (κ2) is 47.9. The minimum absolute atomic E-state index is 0.0569. The van der Waals surface area contributed by atoms with Crippen molar-refractivity contribution < 1.29 is 166 Å². The lowest BCUT2D eigenvalue weighted by Gasteiger charge is -2.52. The van der Waals surface area contributed by atoms with Gasteiger partial charge in [-0.25, -0.2) is 4.79 Å². The molecular formula is C73H130N2O35. The van der Waals surface area contributed by atoms with E-state index in [1.807, 2.05) is 6.08 Å². The predicted octanol–water partition coefficient (Wildman–Crippen LogP) is 0.811. The van der Waals surface area contributed by atoms with E-state index in [1.165, 1.54) is 135 Å². The van der Waals surface area contributed by atoms with Gasteiger partial charge in [-0.15, -0.1) is 6.58 Å². The number of allylic oxidation sites excluding steroid dienone is 1. The maximum Gasteiger partial charge on any atom is 0.314 e. The lowest BCUT2D eigenvalue weighted by atomic mass is 9.94. The van der Waals surface area contributed by atoms with E-state index in [0.717, 1.165) is 51.4 Å². The molecule has 110 heavy (non-hydrogen) atoms. The van der Waals surface area contributed by atoms with Crippen molar-refractivity contribution in [2.24, 2.45) is 0 Å². The van der Waals surface area contributed by atoms with Gasteiger partial charge < -0.3 is 172 Å². The SMILES string of the molecule is C=CCCCCCCCCCNC(=O)NC[C@H]1O[C@@H]2O[C@H]3[C@H](OC)[C@@H](OC)[C@@H](O[C@H]4[C@H](OC)[C@@H](OC)[C@@H](O[C@H]5[C@H](OC)[C@@H](OC)C(O[C@H]6[C@H](OC)[C@@H](OC)[C@@H](O[C@H]7[C@H](OC)[C@@H](OC)[C@@H](O[C@H]8[C@H](OC)[C@@H](OC)[C@@H](O[C@H]1[C@H](OC)[C@H]2OC)O[C@@H]8COC)O[C@@H]7COC)O[C@@H]6COC)O[C@@H]5COC)O[C@@H]4COC)O[C@@H]3CO. The summed E-state index contributed by atoms with van der Waals surface area (Å²) in [7, 11) is 28.2. The summed E-state index contributed by atoms with van der Waals surface area (Å²) < 4.78 is 215. The summed E-state index contributed by atoms with van der Waals surface area (Å²) in [5.41, 5.74) is 0. The third kappa shape index (κ3) is 22.3. The van der Waals surface area contributed by atoms with Crippen molar-refractivity contribution in [1.29, 1.82) is 0 Å². The summed E-state index contributed by atoms with van der Waals surface area (Å²) in [6, 6.07) is -0.472. The standard InChI is InChI=1S/C73H130N2O35/c1-21-22-23-24-25-26-27-28-29-30-74-73(77)75-31-38-45-52(83-7)59(90-14)66(97-38)105-46-39(32-76)98-67(60(91-15)53(46)84-8)106-47-40(33-78-2)100-69(62(93-17)54(47)85-9)108-49-42(35-80-4)102-71(64(95-19)56(49)87-11)110-51-44(37-82-6)103-72(65(96-20)58(51)89-13)109-50-43(36-81-5)101-70(63(94-18)57(50)88-12)107-48-41(34-79-3)99-68(104-45)61(92-16)55(48)86-10/h21,38-72,76H,1,22-37H2,2-20H3,(H2,74,75,77)/t38-,39-,40-,41-,42-,43-,44-,45-,46-,47-,48-,49-,50-,51-,52+,53+,54+,55+,56+,57+,58+,59-,60-,61-,62-,63-,64-,65-,66-,67-,68-,69-,70-,71?,72-/m1/s1. The fourth-order valence-corrected chi connectivity index (χ4v) is 16.3. The highest BCUT2D eigenvalue weighted by Gasteiger charge is 2.62. The average Bonchev–Trinajstić information content (AvgIpc) is 0.768. The van der Waals surface area contributed by atoms with Crippen molar-refractivity contribution in [3.8, 4) is 0 Å². The van der Waals surface area contributed by atoms with Gasteiger partial charge in [0.2, 0.25) is 0 Å². The smallest absolute Gasteiger partial charge is 0.314 e. The van der Waals surface area contributed by atoms with Gasteiger partial charge in [-0.3, -0.25) is 0 Å². The zero-order valence-electron chi connectivity index (χ0n) is 67.6. The van der Waals surface area contributed by atoms with Gasteiger partial charge in [0, 0.05) is 148 Å². The molecule has 21 aliphatic heterocycles. The van der Waals surface area contributed by atoms with Crippen LogP contribution < -0.4 is 10.6 Å². The van der Waals surface area contributed by atoms with Gasteiger partial charge >= 0.3 is 6.03 Å². The minimum atomic E-state index is -1.38. The van der Waals surface area contributed by atoms with Crippen LogP contribution in [0.2, 0.25) is 0 Å². The van der Waals surface area contributed by atoms with Crippen molar-refractivity contribution >= 4 is 6.03 Å². The van der Waals surface area contributed by atoms with Crippen molar-refractivity contribution in [3.63, 3.8) is 0 Å². The largest absolute Gasteiger partial charge is 0.394 e. The molecule has 0 radical (unpaired) electrons. The number of methoxy groups -OCH3 is 19. The first-order valence-corrected chi connectivity index (χ1v) is 37.8. The van der Waals surface area contributed by atoms with Crippen LogP contribution in [0.15, 0.2) is 12.7 Å². The molecule has 0 aromatic carbocycles. The van der Waals surface area contributed by atoms with E-state index in [4.69, 9.17) is 156 Å². The normalized spacial score (nSPS) is 42.2. The monoisotopic (exact) mass is 1590 g/mol. The number of rotatable bonds is 37. The van der Waals surface area contributed by atoms with Gasteiger partial charge in [0.15, 0.2) is 44.0 Å². The summed E-state index contributed by atoms with van der Waals surface area (Å²) >= 11 is 0. The zero-order valence-corrected chi connectivity index (χ0v) is 67.6. The van der Waals surface area contributed by atoms with E-state index < -0.39 is 228 Å². The van der Waals surface area contributed by atoms with Crippen LogP contribution in [0.1, 0.15) is 51.4 Å². The molecule has 21 fully saturated rings. The van der Waals surface area contributed by atoms with Crippen LogP contribution in [0, 0.1) is 0 Å². The molecule has 21 aliphatic rings. The molecule has 1 unspecified atom stereocenters. The number of aliphatic hydroxyl groups excluding tert-OH is 1. The van der Waals surface area contributed by atoms with Crippen LogP contribution in [0.3, 0.4) is 0 Å². The Bertz CT molecular complexity index is 2540. The third-order valence-electron chi connectivity index (χ3n) is 21.7. The Morgan fingerprint density at radius 2 is 0.491 bits per heavy atom. The number of amides is 2. The number of carbonyl (C=O) groups is 1. The number of hydrogen-bond donors (Lipinski definition) is 3.